The van der Waals surface area contributed by atoms with Crippen molar-refractivity contribution in [1.82, 2.24) is 14.6 Å². The minimum atomic E-state index is -2.58. The summed E-state index contributed by atoms with van der Waals surface area (Å²) in [6.45, 7) is 1.04. The van der Waals surface area contributed by atoms with Crippen molar-refractivity contribution in [1.29, 1.82) is 0 Å². The average molecular weight is 272 g/mol. The Labute approximate surface area is 103 Å². The highest BCUT2D eigenvalue weighted by molar-refractivity contribution is 7.28. The van der Waals surface area contributed by atoms with Crippen molar-refractivity contribution in [3.63, 3.8) is 0 Å². The molecule has 1 unspecified atom stereocenters. The second kappa shape index (κ2) is 5.32. The van der Waals surface area contributed by atoms with Crippen LogP contribution < -0.4 is 10.4 Å². The van der Waals surface area contributed by atoms with Crippen LogP contribution in [0, 0.1) is 0 Å². The van der Waals surface area contributed by atoms with Crippen LogP contribution in [0.1, 0.15) is 29.4 Å². The number of aromatic carboxylic acids is 1. The molecule has 0 saturated heterocycles. The molecule has 1 aliphatic rings. The van der Waals surface area contributed by atoms with E-state index in [-0.39, 0.29) is 11.7 Å². The molecular formula is C9H13N4O4P. The molecule has 0 amide bonds. The van der Waals surface area contributed by atoms with Gasteiger partial charge < -0.3 is 15.0 Å². The fraction of sp³-hybridized carbons (Fsp3) is 0.556. The lowest BCUT2D eigenvalue weighted by Gasteiger charge is -2.25. The molecule has 0 aromatic carbocycles. The summed E-state index contributed by atoms with van der Waals surface area (Å²) in [6.07, 6.45) is 2.89. The fourth-order valence-electron chi connectivity index (χ4n) is 2.00. The summed E-state index contributed by atoms with van der Waals surface area (Å²) < 4.78 is 22.5. The Morgan fingerprint density at radius 3 is 3.11 bits per heavy atom. The molecule has 9 heteroatoms. The van der Waals surface area contributed by atoms with E-state index in [1.165, 1.54) is 6.20 Å². The maximum atomic E-state index is 10.8. The van der Waals surface area contributed by atoms with Gasteiger partial charge in [-0.2, -0.15) is 0 Å². The number of imidazole rings is 1. The Hall–Kier alpha value is -1.66. The molecule has 0 fully saturated rings. The Morgan fingerprint density at radius 2 is 2.44 bits per heavy atom. The van der Waals surface area contributed by atoms with Gasteiger partial charge in [-0.25, -0.2) is 24.0 Å². The fourth-order valence-corrected chi connectivity index (χ4v) is 2.31. The number of carboxylic acid groups (broad SMARTS) is 1. The second-order valence-corrected chi connectivity index (χ2v) is 4.82. The third kappa shape index (κ3) is 2.77. The number of hydrogen-bond acceptors (Lipinski definition) is 5. The number of hydrogen-bond donors (Lipinski definition) is 3. The van der Waals surface area contributed by atoms with Crippen LogP contribution in [0.4, 0.5) is 5.95 Å². The van der Waals surface area contributed by atoms with Gasteiger partial charge in [0.2, 0.25) is 5.95 Å². The van der Waals surface area contributed by atoms with E-state index in [9.17, 15) is 13.9 Å². The maximum absolute atomic E-state index is 10.8. The van der Waals surface area contributed by atoms with E-state index in [1.807, 2.05) is 0 Å². The van der Waals surface area contributed by atoms with Crippen molar-refractivity contribution in [2.45, 2.75) is 18.9 Å². The number of nitrogens with zero attached hydrogens (tertiary/aromatic N) is 2. The van der Waals surface area contributed by atoms with Crippen molar-refractivity contribution in [2.24, 2.45) is 0 Å². The van der Waals surface area contributed by atoms with Crippen LogP contribution in [-0.4, -0.2) is 33.7 Å². The predicted octanol–water partition coefficient (Wildman–Crippen LogP) is 1.01. The van der Waals surface area contributed by atoms with Gasteiger partial charge in [-0.05, 0) is 12.8 Å². The van der Waals surface area contributed by atoms with Crippen LogP contribution in [-0.2, 0) is 9.13 Å². The summed E-state index contributed by atoms with van der Waals surface area (Å²) in [5.74, 6) is -0.548. The highest BCUT2D eigenvalue weighted by Gasteiger charge is 2.22. The lowest BCUT2D eigenvalue weighted by Crippen LogP contribution is -2.24. The Kier molecular flexibility index (Phi) is 3.78. The van der Waals surface area contributed by atoms with E-state index < -0.39 is 13.8 Å². The number of carbonyl (C=O) groups is 1. The minimum absolute atomic E-state index is 0.00717. The van der Waals surface area contributed by atoms with E-state index in [2.05, 4.69) is 15.4 Å². The maximum Gasteiger partial charge on any atom is 0.396 e. The van der Waals surface area contributed by atoms with Gasteiger partial charge in [0, 0.05) is 25.3 Å². The first-order valence-electron chi connectivity index (χ1n) is 5.52. The molecule has 0 saturated carbocycles. The summed E-state index contributed by atoms with van der Waals surface area (Å²) in [7, 11) is -2.58. The molecule has 1 aromatic heterocycles. The topological polar surface area (TPSA) is 113 Å². The Bertz CT molecular complexity index is 517. The number of aromatic nitrogens is 2. The number of nitrogens with one attached hydrogen (secondary N) is 2. The summed E-state index contributed by atoms with van der Waals surface area (Å²) in [6, 6.07) is 0.0595. The Balaban J connectivity index is 2.09. The molecule has 0 spiro atoms. The molecule has 0 bridgehead atoms. The third-order valence-electron chi connectivity index (χ3n) is 2.82. The van der Waals surface area contributed by atoms with E-state index in [0.717, 1.165) is 6.42 Å². The molecule has 0 aliphatic carbocycles. The van der Waals surface area contributed by atoms with E-state index in [0.29, 0.717) is 25.5 Å². The predicted molar refractivity (Wildman–Crippen MR) is 62.2 cm³/mol. The summed E-state index contributed by atoms with van der Waals surface area (Å²) in [5, 5.41) is 14.2. The van der Waals surface area contributed by atoms with E-state index in [4.69, 9.17) is 5.11 Å². The number of carboxylic acids is 1. The normalized spacial score (nSPS) is 17.9. The summed E-state index contributed by atoms with van der Waals surface area (Å²) in [4.78, 5) is 14.8. The molecule has 98 valence electrons. The molecule has 18 heavy (non-hydrogen) atoms. The molecular weight excluding hydrogens is 259 g/mol. The monoisotopic (exact) mass is 272 g/mol. The lowest BCUT2D eigenvalue weighted by atomic mass is 10.1. The Morgan fingerprint density at radius 1 is 1.67 bits per heavy atom. The van der Waals surface area contributed by atoms with Crippen LogP contribution in [0.25, 0.3) is 0 Å². The standard InChI is InChI=1S/C9H13N4O4P/c14-8(15)7-5-13-6(2-4-11-18(16)17)1-3-10-9(13)12-7/h5-6H,1-4H2,(H,10,12)(H,14,15)(H,11,16,17). The van der Waals surface area contributed by atoms with Gasteiger partial charge in [0.15, 0.2) is 5.69 Å². The van der Waals surface area contributed by atoms with Gasteiger partial charge in [0.25, 0.3) is 0 Å². The van der Waals surface area contributed by atoms with Crippen LogP contribution >= 0.6 is 7.83 Å². The van der Waals surface area contributed by atoms with Crippen LogP contribution in [0.15, 0.2) is 6.20 Å². The van der Waals surface area contributed by atoms with Crippen molar-refractivity contribution in [3.8, 4) is 0 Å². The second-order valence-electron chi connectivity index (χ2n) is 3.99. The lowest BCUT2D eigenvalue weighted by molar-refractivity contribution is 0.0691. The molecule has 1 aliphatic heterocycles. The van der Waals surface area contributed by atoms with Crippen LogP contribution in [0.5, 0.6) is 0 Å². The van der Waals surface area contributed by atoms with Gasteiger partial charge in [-0.1, -0.05) is 0 Å². The van der Waals surface area contributed by atoms with Crippen LogP contribution in [0.3, 0.4) is 0 Å². The summed E-state index contributed by atoms with van der Waals surface area (Å²) in [5.41, 5.74) is -0.00717. The van der Waals surface area contributed by atoms with E-state index in [1.54, 1.807) is 4.57 Å². The zero-order valence-electron chi connectivity index (χ0n) is 9.50. The molecule has 1 aromatic rings. The van der Waals surface area contributed by atoms with Gasteiger partial charge in [-0.15, -0.1) is 0 Å². The van der Waals surface area contributed by atoms with Gasteiger partial charge in [0.1, 0.15) is 0 Å². The van der Waals surface area contributed by atoms with Crippen molar-refractivity contribution < 1.29 is 19.0 Å². The van der Waals surface area contributed by atoms with E-state index >= 15 is 0 Å². The summed E-state index contributed by atoms with van der Waals surface area (Å²) >= 11 is 0. The van der Waals surface area contributed by atoms with Crippen molar-refractivity contribution in [2.75, 3.05) is 18.4 Å². The smallest absolute Gasteiger partial charge is 0.396 e. The van der Waals surface area contributed by atoms with Gasteiger partial charge in [0.05, 0.1) is 0 Å². The highest BCUT2D eigenvalue weighted by Crippen LogP contribution is 2.26. The SMILES string of the molecule is O=C(O)c1cn2c(n1)NCCC2CCNP(=O)=O. The quantitative estimate of drug-likeness (QED) is 0.685. The van der Waals surface area contributed by atoms with Gasteiger partial charge in [-0.3, -0.25) is 0 Å². The van der Waals surface area contributed by atoms with Crippen molar-refractivity contribution >= 4 is 19.7 Å². The molecule has 8 nitrogen and oxygen atoms in total. The molecule has 2 heterocycles. The number of anilines is 1. The molecule has 3 N–H and O–H groups in total. The number of fused-ring (bicyclic) bond motifs is 1. The highest BCUT2D eigenvalue weighted by atomic mass is 31.1. The first-order chi connectivity index (χ1) is 8.58. The molecule has 1 atom stereocenters. The zero-order valence-corrected chi connectivity index (χ0v) is 10.4. The zero-order chi connectivity index (χ0) is 13.1. The average Bonchev–Trinajstić information content (AvgIpc) is 2.73. The first-order valence-corrected chi connectivity index (χ1v) is 6.69. The number of rotatable bonds is 5. The molecule has 0 radical (unpaired) electrons. The minimum Gasteiger partial charge on any atom is -0.476 e. The molecule has 2 rings (SSSR count). The largest absolute Gasteiger partial charge is 0.476 e. The van der Waals surface area contributed by atoms with Crippen molar-refractivity contribution in [3.05, 3.63) is 11.9 Å². The third-order valence-corrected chi connectivity index (χ3v) is 3.31. The van der Waals surface area contributed by atoms with Crippen LogP contribution in [0.2, 0.25) is 0 Å². The van der Waals surface area contributed by atoms with Gasteiger partial charge >= 0.3 is 13.8 Å². The first kappa shape index (κ1) is 12.8.